The Labute approximate surface area is 135 Å². The van der Waals surface area contributed by atoms with Crippen LogP contribution in [0.15, 0.2) is 29.1 Å². The van der Waals surface area contributed by atoms with Gasteiger partial charge in [0.15, 0.2) is 12.4 Å². The summed E-state index contributed by atoms with van der Waals surface area (Å²) in [5.74, 6) is 0.640. The molecule has 1 heterocycles. The van der Waals surface area contributed by atoms with Gasteiger partial charge in [-0.05, 0) is 32.4 Å². The zero-order chi connectivity index (χ0) is 16.8. The van der Waals surface area contributed by atoms with Gasteiger partial charge < -0.3 is 15.2 Å². The number of quaternary nitrogens is 1. The van der Waals surface area contributed by atoms with E-state index in [0.717, 1.165) is 17.9 Å². The number of benzene rings is 1. The maximum Gasteiger partial charge on any atom is 0.275 e. The van der Waals surface area contributed by atoms with Crippen LogP contribution >= 0.6 is 0 Å². The highest BCUT2D eigenvalue weighted by molar-refractivity contribution is 5.77. The third-order valence-corrected chi connectivity index (χ3v) is 4.01. The Bertz CT molecular complexity index is 726. The molecule has 2 aromatic rings. The fourth-order valence-corrected chi connectivity index (χ4v) is 2.42. The summed E-state index contributed by atoms with van der Waals surface area (Å²) < 4.78 is 0. The van der Waals surface area contributed by atoms with Crippen molar-refractivity contribution >= 4 is 16.8 Å². The van der Waals surface area contributed by atoms with Gasteiger partial charge in [-0.15, -0.1) is 0 Å². The SMILES string of the molecule is CC[C@H](C)NC(=O)C[NH+](CC)Cc1nc2ccccc2c(=O)[nH]1. The summed E-state index contributed by atoms with van der Waals surface area (Å²) in [6.45, 7) is 7.72. The molecule has 23 heavy (non-hydrogen) atoms. The number of para-hydroxylation sites is 1. The van der Waals surface area contributed by atoms with Crippen LogP contribution in [0, 0.1) is 0 Å². The van der Waals surface area contributed by atoms with E-state index in [4.69, 9.17) is 0 Å². The van der Waals surface area contributed by atoms with Crippen molar-refractivity contribution in [3.05, 3.63) is 40.4 Å². The maximum absolute atomic E-state index is 12.1. The molecule has 1 aromatic carbocycles. The molecule has 2 rings (SSSR count). The second-order valence-corrected chi connectivity index (χ2v) is 5.86. The average Bonchev–Trinajstić information content (AvgIpc) is 2.54. The topological polar surface area (TPSA) is 79.3 Å². The van der Waals surface area contributed by atoms with Gasteiger partial charge >= 0.3 is 0 Å². The van der Waals surface area contributed by atoms with E-state index in [1.807, 2.05) is 39.0 Å². The minimum Gasteiger partial charge on any atom is -0.349 e. The lowest BCUT2D eigenvalue weighted by atomic mass is 10.2. The molecule has 0 aliphatic heterocycles. The van der Waals surface area contributed by atoms with Crippen LogP contribution in [0.5, 0.6) is 0 Å². The van der Waals surface area contributed by atoms with Gasteiger partial charge in [0.2, 0.25) is 0 Å². The standard InChI is InChI=1S/C17H24N4O2/c1-4-12(3)18-16(22)11-21(5-2)10-15-19-14-9-7-6-8-13(14)17(23)20-15/h6-9,12H,4-5,10-11H2,1-3H3,(H,18,22)(H,19,20,23)/p+1/t12-/m0/s1. The van der Waals surface area contributed by atoms with Crippen molar-refractivity contribution in [2.24, 2.45) is 0 Å². The van der Waals surface area contributed by atoms with Gasteiger partial charge in [0.05, 0.1) is 17.4 Å². The summed E-state index contributed by atoms with van der Waals surface area (Å²) in [6.07, 6.45) is 0.909. The number of nitrogens with one attached hydrogen (secondary N) is 3. The van der Waals surface area contributed by atoms with Crippen LogP contribution in [0.4, 0.5) is 0 Å². The number of fused-ring (bicyclic) bond motifs is 1. The number of carbonyl (C=O) groups excluding carboxylic acids is 1. The smallest absolute Gasteiger partial charge is 0.275 e. The first-order valence-electron chi connectivity index (χ1n) is 8.14. The van der Waals surface area contributed by atoms with Crippen LogP contribution in [0.25, 0.3) is 10.9 Å². The molecule has 0 radical (unpaired) electrons. The molecule has 0 fully saturated rings. The van der Waals surface area contributed by atoms with Gasteiger partial charge in [0.25, 0.3) is 11.5 Å². The van der Waals surface area contributed by atoms with Crippen LogP contribution in [-0.4, -0.2) is 35.0 Å². The number of carbonyl (C=O) groups is 1. The Hall–Kier alpha value is -2.21. The molecule has 0 aliphatic rings. The lowest BCUT2D eigenvalue weighted by Gasteiger charge is -2.18. The predicted molar refractivity (Wildman–Crippen MR) is 90.3 cm³/mol. The molecule has 1 amide bonds. The first-order chi connectivity index (χ1) is 11.0. The molecule has 6 heteroatoms. The monoisotopic (exact) mass is 317 g/mol. The van der Waals surface area contributed by atoms with E-state index < -0.39 is 0 Å². The van der Waals surface area contributed by atoms with E-state index in [-0.39, 0.29) is 17.5 Å². The molecule has 0 bridgehead atoms. The number of amides is 1. The number of nitrogens with zero attached hydrogens (tertiary/aromatic N) is 1. The molecular weight excluding hydrogens is 292 g/mol. The van der Waals surface area contributed by atoms with Gasteiger partial charge in [-0.1, -0.05) is 19.1 Å². The first-order valence-corrected chi connectivity index (χ1v) is 8.14. The predicted octanol–water partition coefficient (Wildman–Crippen LogP) is 0.243. The summed E-state index contributed by atoms with van der Waals surface area (Å²) in [7, 11) is 0. The molecule has 6 nitrogen and oxygen atoms in total. The fraction of sp³-hybridized carbons (Fsp3) is 0.471. The van der Waals surface area contributed by atoms with Crippen molar-refractivity contribution < 1.29 is 9.69 Å². The van der Waals surface area contributed by atoms with Gasteiger partial charge in [0, 0.05) is 6.04 Å². The maximum atomic E-state index is 12.1. The summed E-state index contributed by atoms with van der Waals surface area (Å²) in [5, 5.41) is 3.56. The second kappa shape index (κ2) is 7.87. The Kier molecular flexibility index (Phi) is 5.87. The van der Waals surface area contributed by atoms with E-state index in [1.54, 1.807) is 6.07 Å². The number of hydrogen-bond acceptors (Lipinski definition) is 3. The number of aromatic nitrogens is 2. The highest BCUT2D eigenvalue weighted by atomic mass is 16.2. The molecule has 2 atom stereocenters. The van der Waals surface area contributed by atoms with Crippen LogP contribution in [0.3, 0.4) is 0 Å². The highest BCUT2D eigenvalue weighted by Gasteiger charge is 2.16. The minimum atomic E-state index is -0.134. The van der Waals surface area contributed by atoms with Crippen LogP contribution in [0.2, 0.25) is 0 Å². The Morgan fingerprint density at radius 2 is 2.09 bits per heavy atom. The number of hydrogen-bond donors (Lipinski definition) is 3. The lowest BCUT2D eigenvalue weighted by Crippen LogP contribution is -3.11. The summed E-state index contributed by atoms with van der Waals surface area (Å²) in [5.41, 5.74) is 0.552. The molecule has 0 saturated carbocycles. The number of aromatic amines is 1. The zero-order valence-electron chi connectivity index (χ0n) is 14.0. The molecule has 0 aliphatic carbocycles. The quantitative estimate of drug-likeness (QED) is 0.684. The van der Waals surface area contributed by atoms with Crippen LogP contribution in [0.1, 0.15) is 33.0 Å². The van der Waals surface area contributed by atoms with Gasteiger partial charge in [-0.25, -0.2) is 4.98 Å². The highest BCUT2D eigenvalue weighted by Crippen LogP contribution is 2.04. The van der Waals surface area contributed by atoms with Gasteiger partial charge in [-0.3, -0.25) is 9.59 Å². The summed E-state index contributed by atoms with van der Waals surface area (Å²) in [6, 6.07) is 7.45. The summed E-state index contributed by atoms with van der Waals surface area (Å²) in [4.78, 5) is 32.5. The normalized spacial score (nSPS) is 13.7. The number of likely N-dealkylation sites (N-methyl/N-ethyl adjacent to an activating group) is 1. The van der Waals surface area contributed by atoms with Crippen molar-refractivity contribution in [2.75, 3.05) is 13.1 Å². The van der Waals surface area contributed by atoms with Crippen LogP contribution in [-0.2, 0) is 11.3 Å². The zero-order valence-corrected chi connectivity index (χ0v) is 14.0. The third kappa shape index (κ3) is 4.63. The van der Waals surface area contributed by atoms with Crippen molar-refractivity contribution in [2.45, 2.75) is 39.8 Å². The van der Waals surface area contributed by atoms with E-state index in [1.165, 1.54) is 0 Å². The number of rotatable bonds is 7. The molecule has 0 spiro atoms. The molecular formula is C17H25N4O2+. The van der Waals surface area contributed by atoms with Crippen molar-refractivity contribution in [3.8, 4) is 0 Å². The van der Waals surface area contributed by atoms with E-state index >= 15 is 0 Å². The third-order valence-electron chi connectivity index (χ3n) is 4.01. The molecule has 1 unspecified atom stereocenters. The molecule has 124 valence electrons. The van der Waals surface area contributed by atoms with E-state index in [0.29, 0.717) is 29.8 Å². The van der Waals surface area contributed by atoms with Crippen molar-refractivity contribution in [1.29, 1.82) is 0 Å². The number of H-pyrrole nitrogens is 1. The Morgan fingerprint density at radius 1 is 1.35 bits per heavy atom. The minimum absolute atomic E-state index is 0.0272. The van der Waals surface area contributed by atoms with E-state index in [9.17, 15) is 9.59 Å². The first kappa shape index (κ1) is 17.1. The fourth-order valence-electron chi connectivity index (χ4n) is 2.42. The Morgan fingerprint density at radius 3 is 2.78 bits per heavy atom. The second-order valence-electron chi connectivity index (χ2n) is 5.86. The summed E-state index contributed by atoms with van der Waals surface area (Å²) >= 11 is 0. The van der Waals surface area contributed by atoms with Crippen LogP contribution < -0.4 is 15.8 Å². The molecule has 3 N–H and O–H groups in total. The average molecular weight is 317 g/mol. The van der Waals surface area contributed by atoms with Gasteiger partial charge in [0.1, 0.15) is 6.54 Å². The molecule has 1 aromatic heterocycles. The molecule has 0 saturated heterocycles. The lowest BCUT2D eigenvalue weighted by molar-refractivity contribution is -0.904. The van der Waals surface area contributed by atoms with E-state index in [2.05, 4.69) is 15.3 Å². The van der Waals surface area contributed by atoms with Gasteiger partial charge in [-0.2, -0.15) is 0 Å². The largest absolute Gasteiger partial charge is 0.349 e. The van der Waals surface area contributed by atoms with Crippen molar-refractivity contribution in [1.82, 2.24) is 15.3 Å². The Balaban J connectivity index is 2.10. The van der Waals surface area contributed by atoms with Crippen molar-refractivity contribution in [3.63, 3.8) is 0 Å².